The van der Waals surface area contributed by atoms with Gasteiger partial charge < -0.3 is 10.2 Å². The van der Waals surface area contributed by atoms with Crippen molar-refractivity contribution in [2.45, 2.75) is 6.92 Å². The van der Waals surface area contributed by atoms with E-state index in [-0.39, 0.29) is 11.5 Å². The Morgan fingerprint density at radius 3 is 2.64 bits per heavy atom. The lowest BCUT2D eigenvalue weighted by molar-refractivity contribution is -0.670. The summed E-state index contributed by atoms with van der Waals surface area (Å²) in [4.78, 5) is 0. The first-order chi connectivity index (χ1) is 6.59. The molecule has 0 bridgehead atoms. The van der Waals surface area contributed by atoms with E-state index in [1.165, 1.54) is 0 Å². The lowest BCUT2D eigenvalue weighted by Crippen LogP contribution is -2.25. The second-order valence-electron chi connectivity index (χ2n) is 3.50. The normalized spacial score (nSPS) is 10.7. The molecule has 0 aliphatic heterocycles. The maximum atomic E-state index is 9.64. The van der Waals surface area contributed by atoms with E-state index in [4.69, 9.17) is 0 Å². The predicted molar refractivity (Wildman–Crippen MR) is 53.2 cm³/mol. The molecule has 1 aromatic carbocycles. The number of aromatic hydroxyl groups is 2. The molecule has 3 nitrogen and oxygen atoms in total. The molecule has 2 rings (SSSR count). The van der Waals surface area contributed by atoms with E-state index < -0.39 is 0 Å². The van der Waals surface area contributed by atoms with E-state index >= 15 is 0 Å². The summed E-state index contributed by atoms with van der Waals surface area (Å²) < 4.78 is 1.83. The summed E-state index contributed by atoms with van der Waals surface area (Å²) in [7, 11) is 1.87. The zero-order valence-electron chi connectivity index (χ0n) is 8.15. The van der Waals surface area contributed by atoms with Gasteiger partial charge in [-0.1, -0.05) is 0 Å². The maximum absolute atomic E-state index is 9.64. The van der Waals surface area contributed by atoms with Crippen molar-refractivity contribution in [1.29, 1.82) is 0 Å². The minimum atomic E-state index is -0.0683. The highest BCUT2D eigenvalue weighted by Gasteiger charge is 2.10. The number of phenols is 2. The molecule has 0 aliphatic carbocycles. The van der Waals surface area contributed by atoms with Crippen LogP contribution in [0, 0.1) is 6.92 Å². The van der Waals surface area contributed by atoms with Gasteiger partial charge in [-0.15, -0.1) is 0 Å². The van der Waals surface area contributed by atoms with Crippen LogP contribution in [0.25, 0.3) is 10.8 Å². The summed E-state index contributed by atoms with van der Waals surface area (Å²) in [6, 6.07) is 3.49. The van der Waals surface area contributed by atoms with E-state index in [1.54, 1.807) is 12.3 Å². The number of fused-ring (bicyclic) bond motifs is 1. The topological polar surface area (TPSA) is 44.3 Å². The number of phenolic OH excluding ortho intramolecular Hbond substituents is 2. The number of rotatable bonds is 0. The molecule has 3 heteroatoms. The van der Waals surface area contributed by atoms with Gasteiger partial charge >= 0.3 is 0 Å². The summed E-state index contributed by atoms with van der Waals surface area (Å²) in [5, 5.41) is 20.7. The number of aromatic nitrogens is 1. The van der Waals surface area contributed by atoms with Crippen molar-refractivity contribution in [3.63, 3.8) is 0 Å². The summed E-state index contributed by atoms with van der Waals surface area (Å²) in [5.74, 6) is -0.122. The molecule has 0 atom stereocenters. The molecule has 0 fully saturated rings. The molecule has 2 N–H and O–H groups in total. The SMILES string of the molecule is Cc1cc(O)c(O)c2c[n+](C)ccc12. The molecule has 14 heavy (non-hydrogen) atoms. The van der Waals surface area contributed by atoms with Crippen molar-refractivity contribution < 1.29 is 14.8 Å². The van der Waals surface area contributed by atoms with Gasteiger partial charge in [0.25, 0.3) is 0 Å². The fourth-order valence-corrected chi connectivity index (χ4v) is 1.62. The smallest absolute Gasteiger partial charge is 0.180 e. The molecule has 0 saturated heterocycles. The van der Waals surface area contributed by atoms with Crippen LogP contribution in [-0.4, -0.2) is 10.2 Å². The minimum Gasteiger partial charge on any atom is -0.504 e. The van der Waals surface area contributed by atoms with Crippen molar-refractivity contribution in [2.75, 3.05) is 0 Å². The first kappa shape index (κ1) is 8.81. The van der Waals surface area contributed by atoms with Crippen molar-refractivity contribution in [3.05, 3.63) is 30.1 Å². The monoisotopic (exact) mass is 190 g/mol. The Bertz CT molecular complexity index is 506. The Labute approximate surface area is 81.9 Å². The van der Waals surface area contributed by atoms with E-state index in [1.807, 2.05) is 30.8 Å². The molecule has 0 saturated carbocycles. The third-order valence-corrected chi connectivity index (χ3v) is 2.38. The number of aryl methyl sites for hydroxylation is 2. The molecule has 72 valence electrons. The van der Waals surface area contributed by atoms with Gasteiger partial charge in [0, 0.05) is 11.5 Å². The van der Waals surface area contributed by atoms with E-state index in [9.17, 15) is 10.2 Å². The van der Waals surface area contributed by atoms with Gasteiger partial charge in [-0.2, -0.15) is 0 Å². The van der Waals surface area contributed by atoms with Gasteiger partial charge in [0.2, 0.25) is 0 Å². The lowest BCUT2D eigenvalue weighted by Gasteiger charge is -2.04. The van der Waals surface area contributed by atoms with Crippen molar-refractivity contribution in [2.24, 2.45) is 7.05 Å². The Morgan fingerprint density at radius 1 is 1.21 bits per heavy atom. The number of benzene rings is 1. The van der Waals surface area contributed by atoms with Crippen molar-refractivity contribution in [3.8, 4) is 11.5 Å². The zero-order chi connectivity index (χ0) is 10.3. The number of pyridine rings is 1. The number of nitrogens with zero attached hydrogens (tertiary/aromatic N) is 1. The van der Waals surface area contributed by atoms with Crippen molar-refractivity contribution >= 4 is 10.8 Å². The Balaban J connectivity index is 2.95. The quantitative estimate of drug-likeness (QED) is 0.487. The fourth-order valence-electron chi connectivity index (χ4n) is 1.62. The molecule has 1 heterocycles. The summed E-state index contributed by atoms with van der Waals surface area (Å²) in [5.41, 5.74) is 0.955. The van der Waals surface area contributed by atoms with Crippen molar-refractivity contribution in [1.82, 2.24) is 0 Å². The zero-order valence-corrected chi connectivity index (χ0v) is 8.15. The first-order valence-corrected chi connectivity index (χ1v) is 4.40. The van der Waals surface area contributed by atoms with Gasteiger partial charge in [0.1, 0.15) is 7.05 Å². The van der Waals surface area contributed by atoms with E-state index in [2.05, 4.69) is 0 Å². The van der Waals surface area contributed by atoms with Crippen LogP contribution >= 0.6 is 0 Å². The third-order valence-electron chi connectivity index (χ3n) is 2.38. The molecule has 0 unspecified atom stereocenters. The number of hydrogen-bond acceptors (Lipinski definition) is 2. The fraction of sp³-hybridized carbons (Fsp3) is 0.182. The summed E-state index contributed by atoms with van der Waals surface area (Å²) in [6.07, 6.45) is 3.70. The van der Waals surface area contributed by atoms with Gasteiger partial charge in [0.15, 0.2) is 23.9 Å². The first-order valence-electron chi connectivity index (χ1n) is 4.40. The van der Waals surface area contributed by atoms with Crippen LogP contribution in [0.5, 0.6) is 11.5 Å². The van der Waals surface area contributed by atoms with Crippen LogP contribution in [0.2, 0.25) is 0 Å². The lowest BCUT2D eigenvalue weighted by atomic mass is 10.1. The Hall–Kier alpha value is -1.77. The minimum absolute atomic E-state index is 0.0539. The van der Waals surface area contributed by atoms with Gasteiger partial charge in [0.05, 0.1) is 5.39 Å². The molecular formula is C11H12NO2+. The second-order valence-corrected chi connectivity index (χ2v) is 3.50. The van der Waals surface area contributed by atoms with Gasteiger partial charge in [-0.25, -0.2) is 4.57 Å². The van der Waals surface area contributed by atoms with Crippen LogP contribution in [0.4, 0.5) is 0 Å². The highest BCUT2D eigenvalue weighted by molar-refractivity contribution is 5.91. The molecule has 0 aliphatic rings. The average Bonchev–Trinajstić information content (AvgIpc) is 2.14. The second kappa shape index (κ2) is 2.87. The average molecular weight is 190 g/mol. The van der Waals surface area contributed by atoms with Crippen LogP contribution in [-0.2, 0) is 7.05 Å². The highest BCUT2D eigenvalue weighted by atomic mass is 16.3. The van der Waals surface area contributed by atoms with Crippen LogP contribution < -0.4 is 4.57 Å². The van der Waals surface area contributed by atoms with Crippen LogP contribution in [0.1, 0.15) is 5.56 Å². The highest BCUT2D eigenvalue weighted by Crippen LogP contribution is 2.34. The Kier molecular flexibility index (Phi) is 1.81. The van der Waals surface area contributed by atoms with Crippen LogP contribution in [0.3, 0.4) is 0 Å². The Morgan fingerprint density at radius 2 is 1.93 bits per heavy atom. The van der Waals surface area contributed by atoms with E-state index in [0.29, 0.717) is 5.39 Å². The molecule has 0 radical (unpaired) electrons. The van der Waals surface area contributed by atoms with Crippen LogP contribution in [0.15, 0.2) is 24.5 Å². The molecule has 1 aromatic heterocycles. The molecule has 0 spiro atoms. The van der Waals surface area contributed by atoms with Gasteiger partial charge in [-0.3, -0.25) is 0 Å². The molecular weight excluding hydrogens is 178 g/mol. The molecule has 2 aromatic rings. The maximum Gasteiger partial charge on any atom is 0.180 e. The summed E-state index contributed by atoms with van der Waals surface area (Å²) >= 11 is 0. The molecule has 0 amide bonds. The van der Waals surface area contributed by atoms with Gasteiger partial charge in [-0.05, 0) is 18.6 Å². The third kappa shape index (κ3) is 1.18. The largest absolute Gasteiger partial charge is 0.504 e. The summed E-state index contributed by atoms with van der Waals surface area (Å²) in [6.45, 7) is 1.90. The number of hydrogen-bond donors (Lipinski definition) is 2. The standard InChI is InChI=1S/C11H11NO2/c1-7-5-10(13)11(14)9-6-12(2)4-3-8(7)9/h3-6,13H,1-2H3/p+1. The predicted octanol–water partition coefficient (Wildman–Crippen LogP) is 1.38. The van der Waals surface area contributed by atoms with E-state index in [0.717, 1.165) is 10.9 Å².